The van der Waals surface area contributed by atoms with Crippen LogP contribution in [-0.2, 0) is 9.05 Å². The van der Waals surface area contributed by atoms with E-state index in [0.717, 1.165) is 38.5 Å². The Labute approximate surface area is 78.7 Å². The monoisotopic (exact) mass is 210 g/mol. The van der Waals surface area contributed by atoms with E-state index in [9.17, 15) is 8.42 Å². The van der Waals surface area contributed by atoms with Crippen molar-refractivity contribution in [3.63, 3.8) is 0 Å². The van der Waals surface area contributed by atoms with Crippen molar-refractivity contribution in [3.8, 4) is 0 Å². The van der Waals surface area contributed by atoms with Crippen molar-refractivity contribution in [1.82, 2.24) is 0 Å². The maximum atomic E-state index is 11.0. The topological polar surface area (TPSA) is 34.1 Å². The molecule has 1 aliphatic carbocycles. The fraction of sp³-hybridized carbons (Fsp3) is 1.00. The first-order valence-corrected chi connectivity index (χ1v) is 6.91. The van der Waals surface area contributed by atoms with Crippen molar-refractivity contribution < 1.29 is 8.42 Å². The molecule has 1 rings (SSSR count). The van der Waals surface area contributed by atoms with E-state index in [0.29, 0.717) is 0 Å². The zero-order valence-corrected chi connectivity index (χ0v) is 8.70. The van der Waals surface area contributed by atoms with E-state index in [1.807, 2.05) is 0 Å². The molecular weight excluding hydrogens is 196 g/mol. The van der Waals surface area contributed by atoms with E-state index in [4.69, 9.17) is 10.7 Å². The number of hydrogen-bond donors (Lipinski definition) is 0. The van der Waals surface area contributed by atoms with Gasteiger partial charge in [0, 0.05) is 10.7 Å². The Balaban J connectivity index is 2.51. The van der Waals surface area contributed by atoms with Crippen LogP contribution in [0.5, 0.6) is 0 Å². The molecule has 12 heavy (non-hydrogen) atoms. The molecule has 0 spiro atoms. The molecule has 0 aromatic heterocycles. The zero-order chi connectivity index (χ0) is 9.03. The smallest absolute Gasteiger partial charge is 0.212 e. The molecule has 0 radical (unpaired) electrons. The van der Waals surface area contributed by atoms with Gasteiger partial charge in [-0.15, -0.1) is 0 Å². The van der Waals surface area contributed by atoms with Crippen molar-refractivity contribution in [1.29, 1.82) is 0 Å². The third kappa shape index (κ3) is 3.31. The molecule has 0 heterocycles. The van der Waals surface area contributed by atoms with Crippen LogP contribution in [-0.4, -0.2) is 13.7 Å². The predicted molar refractivity (Wildman–Crippen MR) is 50.9 cm³/mol. The first-order valence-electron chi connectivity index (χ1n) is 4.54. The summed E-state index contributed by atoms with van der Waals surface area (Å²) in [7, 11) is 2.02. The summed E-state index contributed by atoms with van der Waals surface area (Å²) in [6.07, 6.45) is 7.09. The molecule has 0 aliphatic heterocycles. The third-order valence-electron chi connectivity index (χ3n) is 2.45. The molecule has 0 saturated heterocycles. The highest BCUT2D eigenvalue weighted by Crippen LogP contribution is 2.24. The van der Waals surface area contributed by atoms with Crippen molar-refractivity contribution in [3.05, 3.63) is 0 Å². The van der Waals surface area contributed by atoms with Gasteiger partial charge in [0.25, 0.3) is 0 Å². The summed E-state index contributed by atoms with van der Waals surface area (Å²) < 4.78 is 22.0. The second-order valence-electron chi connectivity index (χ2n) is 3.44. The van der Waals surface area contributed by atoms with Gasteiger partial charge in [0.2, 0.25) is 9.05 Å². The summed E-state index contributed by atoms with van der Waals surface area (Å²) >= 11 is 0. The second kappa shape index (κ2) is 4.47. The van der Waals surface area contributed by atoms with Gasteiger partial charge in [-0.25, -0.2) is 8.42 Å². The average molecular weight is 211 g/mol. The lowest BCUT2D eigenvalue weighted by molar-refractivity contribution is 0.493. The van der Waals surface area contributed by atoms with Gasteiger partial charge >= 0.3 is 0 Å². The molecule has 1 fully saturated rings. The van der Waals surface area contributed by atoms with Crippen molar-refractivity contribution in [2.24, 2.45) is 0 Å². The van der Waals surface area contributed by atoms with Crippen LogP contribution in [0.1, 0.15) is 44.9 Å². The van der Waals surface area contributed by atoms with Gasteiger partial charge in [0.15, 0.2) is 0 Å². The molecule has 0 atom stereocenters. The molecular formula is C8H15ClO2S. The summed E-state index contributed by atoms with van der Waals surface area (Å²) in [5.41, 5.74) is 0. The Morgan fingerprint density at radius 3 is 1.75 bits per heavy atom. The van der Waals surface area contributed by atoms with Gasteiger partial charge in [0.1, 0.15) is 0 Å². The van der Waals surface area contributed by atoms with Crippen molar-refractivity contribution in [2.45, 2.75) is 50.2 Å². The van der Waals surface area contributed by atoms with E-state index in [-0.39, 0.29) is 5.25 Å². The summed E-state index contributed by atoms with van der Waals surface area (Å²) in [4.78, 5) is 0. The van der Waals surface area contributed by atoms with Crippen LogP contribution in [0.3, 0.4) is 0 Å². The minimum absolute atomic E-state index is 0.278. The number of halogens is 1. The van der Waals surface area contributed by atoms with E-state index in [1.54, 1.807) is 0 Å². The van der Waals surface area contributed by atoms with Crippen LogP contribution in [0, 0.1) is 0 Å². The zero-order valence-electron chi connectivity index (χ0n) is 7.13. The number of hydrogen-bond acceptors (Lipinski definition) is 2. The fourth-order valence-corrected chi connectivity index (χ4v) is 3.13. The van der Waals surface area contributed by atoms with Crippen LogP contribution in [0.15, 0.2) is 0 Å². The summed E-state index contributed by atoms with van der Waals surface area (Å²) in [5, 5.41) is -0.278. The largest absolute Gasteiger partial charge is 0.235 e. The molecule has 1 aliphatic rings. The Morgan fingerprint density at radius 2 is 1.33 bits per heavy atom. The quantitative estimate of drug-likeness (QED) is 0.624. The van der Waals surface area contributed by atoms with Crippen molar-refractivity contribution in [2.75, 3.05) is 0 Å². The summed E-state index contributed by atoms with van der Waals surface area (Å²) in [5.74, 6) is 0. The van der Waals surface area contributed by atoms with E-state index in [1.165, 1.54) is 6.42 Å². The molecule has 0 unspecified atom stereocenters. The standard InChI is InChI=1S/C8H15ClO2S/c9-12(10,11)8-6-4-2-1-3-5-7-8/h8H,1-7H2. The van der Waals surface area contributed by atoms with Gasteiger partial charge in [-0.05, 0) is 12.8 Å². The maximum absolute atomic E-state index is 11.0. The highest BCUT2D eigenvalue weighted by molar-refractivity contribution is 8.14. The molecule has 72 valence electrons. The lowest BCUT2D eigenvalue weighted by Gasteiger charge is -2.15. The van der Waals surface area contributed by atoms with E-state index >= 15 is 0 Å². The molecule has 0 aromatic rings. The first kappa shape index (κ1) is 10.3. The van der Waals surface area contributed by atoms with Gasteiger partial charge in [-0.1, -0.05) is 32.1 Å². The van der Waals surface area contributed by atoms with Gasteiger partial charge in [0.05, 0.1) is 5.25 Å². The fourth-order valence-electron chi connectivity index (χ4n) is 1.70. The third-order valence-corrected chi connectivity index (χ3v) is 4.47. The van der Waals surface area contributed by atoms with Crippen molar-refractivity contribution >= 4 is 19.7 Å². The predicted octanol–water partition coefficient (Wildman–Crippen LogP) is 2.67. The highest BCUT2D eigenvalue weighted by Gasteiger charge is 2.22. The SMILES string of the molecule is O=S(=O)(Cl)C1CCCCCCC1. The maximum Gasteiger partial charge on any atom is 0.235 e. The lowest BCUT2D eigenvalue weighted by Crippen LogP contribution is -2.17. The minimum Gasteiger partial charge on any atom is -0.212 e. The highest BCUT2D eigenvalue weighted by atomic mass is 35.7. The van der Waals surface area contributed by atoms with E-state index < -0.39 is 9.05 Å². The Hall–Kier alpha value is 0.240. The van der Waals surface area contributed by atoms with E-state index in [2.05, 4.69) is 0 Å². The number of rotatable bonds is 1. The molecule has 2 nitrogen and oxygen atoms in total. The first-order chi connectivity index (χ1) is 5.61. The van der Waals surface area contributed by atoms with Gasteiger partial charge in [-0.2, -0.15) is 0 Å². The Bertz CT molecular complexity index is 215. The van der Waals surface area contributed by atoms with Crippen LogP contribution >= 0.6 is 10.7 Å². The van der Waals surface area contributed by atoms with Crippen LogP contribution in [0.2, 0.25) is 0 Å². The molecule has 0 aromatic carbocycles. The summed E-state index contributed by atoms with van der Waals surface area (Å²) in [6.45, 7) is 0. The molecule has 0 N–H and O–H groups in total. The van der Waals surface area contributed by atoms with Gasteiger partial charge < -0.3 is 0 Å². The molecule has 1 saturated carbocycles. The molecule has 4 heteroatoms. The minimum atomic E-state index is -3.29. The normalized spacial score (nSPS) is 23.1. The average Bonchev–Trinajstić information content (AvgIpc) is 1.81. The summed E-state index contributed by atoms with van der Waals surface area (Å²) in [6, 6.07) is 0. The van der Waals surface area contributed by atoms with Crippen LogP contribution in [0.25, 0.3) is 0 Å². The second-order valence-corrected chi connectivity index (χ2v) is 6.35. The molecule has 0 bridgehead atoms. The Morgan fingerprint density at radius 1 is 0.917 bits per heavy atom. The van der Waals surface area contributed by atoms with Crippen LogP contribution < -0.4 is 0 Å². The van der Waals surface area contributed by atoms with Crippen LogP contribution in [0.4, 0.5) is 0 Å². The molecule has 0 amide bonds. The Kier molecular flexibility index (Phi) is 3.84. The lowest BCUT2D eigenvalue weighted by atomic mass is 10.0. The van der Waals surface area contributed by atoms with Gasteiger partial charge in [-0.3, -0.25) is 0 Å².